The number of aromatic nitrogens is 1. The van der Waals surface area contributed by atoms with Crippen molar-refractivity contribution in [2.45, 2.75) is 12.8 Å². The molecule has 0 atom stereocenters. The SMILES string of the molecule is N#Cc1ccc(Cl)cc1NC(=O)COC(=O)c1c2c(nc3ccccc13)/C(=C/c1cccs1)CC2. The van der Waals surface area contributed by atoms with Gasteiger partial charge in [-0.2, -0.15) is 5.26 Å². The Morgan fingerprint density at radius 3 is 2.83 bits per heavy atom. The van der Waals surface area contributed by atoms with E-state index >= 15 is 0 Å². The molecule has 2 aromatic heterocycles. The summed E-state index contributed by atoms with van der Waals surface area (Å²) in [5.41, 5.74) is 4.36. The van der Waals surface area contributed by atoms with Gasteiger partial charge < -0.3 is 10.1 Å². The summed E-state index contributed by atoms with van der Waals surface area (Å²) in [6.07, 6.45) is 3.54. The van der Waals surface area contributed by atoms with Gasteiger partial charge >= 0.3 is 5.97 Å². The van der Waals surface area contributed by atoms with Crippen LogP contribution in [0.25, 0.3) is 22.6 Å². The first-order valence-corrected chi connectivity index (χ1v) is 12.1. The molecule has 5 rings (SSSR count). The van der Waals surface area contributed by atoms with E-state index in [9.17, 15) is 14.9 Å². The summed E-state index contributed by atoms with van der Waals surface area (Å²) >= 11 is 7.62. The molecule has 172 valence electrons. The molecule has 0 saturated heterocycles. The molecule has 6 nitrogen and oxygen atoms in total. The maximum absolute atomic E-state index is 13.3. The highest BCUT2D eigenvalue weighted by Gasteiger charge is 2.28. The van der Waals surface area contributed by atoms with Crippen LogP contribution in [0.3, 0.4) is 0 Å². The Balaban J connectivity index is 1.42. The van der Waals surface area contributed by atoms with Crippen molar-refractivity contribution in [2.24, 2.45) is 0 Å². The zero-order valence-corrected chi connectivity index (χ0v) is 19.9. The minimum absolute atomic E-state index is 0.261. The maximum Gasteiger partial charge on any atom is 0.339 e. The van der Waals surface area contributed by atoms with Crippen molar-refractivity contribution < 1.29 is 14.3 Å². The normalized spacial score (nSPS) is 13.4. The molecule has 0 spiro atoms. The zero-order chi connectivity index (χ0) is 24.4. The van der Waals surface area contributed by atoms with E-state index < -0.39 is 18.5 Å². The van der Waals surface area contributed by atoms with Gasteiger partial charge in [0.25, 0.3) is 5.91 Å². The van der Waals surface area contributed by atoms with Gasteiger partial charge in [-0.15, -0.1) is 11.3 Å². The number of esters is 1. The molecule has 1 aliphatic rings. The average Bonchev–Trinajstić information content (AvgIpc) is 3.52. The Labute approximate surface area is 210 Å². The number of benzene rings is 2. The van der Waals surface area contributed by atoms with Gasteiger partial charge in [-0.1, -0.05) is 35.9 Å². The first-order chi connectivity index (χ1) is 17.0. The largest absolute Gasteiger partial charge is 0.452 e. The predicted octanol–water partition coefficient (Wildman–Crippen LogP) is 6.10. The molecule has 0 aliphatic heterocycles. The maximum atomic E-state index is 13.3. The summed E-state index contributed by atoms with van der Waals surface area (Å²) in [4.78, 5) is 31.7. The van der Waals surface area contributed by atoms with Crippen molar-refractivity contribution in [2.75, 3.05) is 11.9 Å². The topological polar surface area (TPSA) is 92.1 Å². The van der Waals surface area contributed by atoms with Crippen molar-refractivity contribution in [3.63, 3.8) is 0 Å². The van der Waals surface area contributed by atoms with Gasteiger partial charge in [-0.25, -0.2) is 9.78 Å². The molecule has 1 aliphatic carbocycles. The van der Waals surface area contributed by atoms with Crippen molar-refractivity contribution in [1.29, 1.82) is 5.26 Å². The van der Waals surface area contributed by atoms with Crippen LogP contribution in [-0.4, -0.2) is 23.5 Å². The fraction of sp³-hybridized carbons (Fsp3) is 0.111. The van der Waals surface area contributed by atoms with Crippen LogP contribution in [0.1, 0.15) is 38.5 Å². The van der Waals surface area contributed by atoms with Crippen LogP contribution < -0.4 is 5.32 Å². The lowest BCUT2D eigenvalue weighted by Crippen LogP contribution is -2.22. The Hall–Kier alpha value is -3.99. The van der Waals surface area contributed by atoms with E-state index in [1.807, 2.05) is 47.8 Å². The minimum atomic E-state index is -0.584. The monoisotopic (exact) mass is 499 g/mol. The second-order valence-electron chi connectivity index (χ2n) is 7.94. The third-order valence-electron chi connectivity index (χ3n) is 5.72. The molecular formula is C27H18ClN3O3S. The summed E-state index contributed by atoms with van der Waals surface area (Å²) in [6.45, 7) is -0.500. The molecule has 0 saturated carbocycles. The second kappa shape index (κ2) is 9.71. The molecule has 0 unspecified atom stereocenters. The summed E-state index contributed by atoms with van der Waals surface area (Å²) in [5.74, 6) is -1.15. The second-order valence-corrected chi connectivity index (χ2v) is 9.36. The summed E-state index contributed by atoms with van der Waals surface area (Å²) in [7, 11) is 0. The van der Waals surface area contributed by atoms with Gasteiger partial charge in [-0.05, 0) is 65.8 Å². The van der Waals surface area contributed by atoms with E-state index in [2.05, 4.69) is 11.4 Å². The number of ether oxygens (including phenoxy) is 1. The number of fused-ring (bicyclic) bond motifs is 2. The number of thiophene rings is 1. The van der Waals surface area contributed by atoms with Crippen molar-refractivity contribution >= 4 is 63.1 Å². The van der Waals surface area contributed by atoms with Crippen LogP contribution in [0.4, 0.5) is 5.69 Å². The number of nitriles is 1. The van der Waals surface area contributed by atoms with Crippen LogP contribution in [0, 0.1) is 11.3 Å². The van der Waals surface area contributed by atoms with Crippen LogP contribution >= 0.6 is 22.9 Å². The molecule has 2 aromatic carbocycles. The number of para-hydroxylation sites is 1. The number of anilines is 1. The van der Waals surface area contributed by atoms with E-state index in [0.717, 1.165) is 28.1 Å². The van der Waals surface area contributed by atoms with Gasteiger partial charge in [0.2, 0.25) is 0 Å². The molecule has 2 heterocycles. The van der Waals surface area contributed by atoms with E-state index in [1.54, 1.807) is 17.4 Å². The number of halogens is 1. The first kappa shape index (κ1) is 22.8. The molecule has 1 amide bonds. The lowest BCUT2D eigenvalue weighted by atomic mass is 10.0. The number of nitrogens with one attached hydrogen (secondary N) is 1. The molecule has 4 aromatic rings. The first-order valence-electron chi connectivity index (χ1n) is 10.9. The van der Waals surface area contributed by atoms with Gasteiger partial charge in [-0.3, -0.25) is 4.79 Å². The fourth-order valence-corrected chi connectivity index (χ4v) is 5.02. The van der Waals surface area contributed by atoms with Crippen molar-refractivity contribution in [1.82, 2.24) is 4.98 Å². The van der Waals surface area contributed by atoms with Crippen LogP contribution in [0.5, 0.6) is 0 Å². The van der Waals surface area contributed by atoms with E-state index in [-0.39, 0.29) is 11.3 Å². The quantitative estimate of drug-likeness (QED) is 0.335. The Kier molecular flexibility index (Phi) is 6.32. The molecule has 1 N–H and O–H groups in total. The molecule has 0 bridgehead atoms. The van der Waals surface area contributed by atoms with Crippen LogP contribution in [-0.2, 0) is 16.0 Å². The van der Waals surface area contributed by atoms with Gasteiger partial charge in [0.1, 0.15) is 6.07 Å². The minimum Gasteiger partial charge on any atom is -0.452 e. The van der Waals surface area contributed by atoms with Gasteiger partial charge in [0, 0.05) is 15.3 Å². The predicted molar refractivity (Wildman–Crippen MR) is 137 cm³/mol. The number of pyridine rings is 1. The molecule has 0 fully saturated rings. The Morgan fingerprint density at radius 2 is 2.03 bits per heavy atom. The smallest absolute Gasteiger partial charge is 0.339 e. The summed E-state index contributed by atoms with van der Waals surface area (Å²) < 4.78 is 5.43. The third-order valence-corrected chi connectivity index (χ3v) is 6.77. The summed E-state index contributed by atoms with van der Waals surface area (Å²) in [6, 6.07) is 18.0. The summed E-state index contributed by atoms with van der Waals surface area (Å²) in [5, 5.41) is 14.9. The lowest BCUT2D eigenvalue weighted by molar-refractivity contribution is -0.119. The number of amides is 1. The molecular weight excluding hydrogens is 482 g/mol. The number of rotatable bonds is 5. The zero-order valence-electron chi connectivity index (χ0n) is 18.4. The lowest BCUT2D eigenvalue weighted by Gasteiger charge is -2.13. The van der Waals surface area contributed by atoms with Crippen molar-refractivity contribution in [3.05, 3.63) is 92.3 Å². The number of nitrogens with zero attached hydrogens (tertiary/aromatic N) is 2. The molecule has 8 heteroatoms. The number of carbonyl (C=O) groups is 2. The average molecular weight is 500 g/mol. The Bertz CT molecular complexity index is 1540. The number of hydrogen-bond acceptors (Lipinski definition) is 6. The fourth-order valence-electron chi connectivity index (χ4n) is 4.16. The number of hydrogen-bond donors (Lipinski definition) is 1. The van der Waals surface area contributed by atoms with E-state index in [1.165, 1.54) is 12.1 Å². The third kappa shape index (κ3) is 4.67. The van der Waals surface area contributed by atoms with Crippen LogP contribution in [0.15, 0.2) is 60.0 Å². The van der Waals surface area contributed by atoms with E-state index in [4.69, 9.17) is 21.3 Å². The molecule has 35 heavy (non-hydrogen) atoms. The Morgan fingerprint density at radius 1 is 1.17 bits per heavy atom. The highest BCUT2D eigenvalue weighted by Crippen LogP contribution is 2.38. The van der Waals surface area contributed by atoms with Gasteiger partial charge in [0.05, 0.1) is 28.0 Å². The van der Waals surface area contributed by atoms with Crippen molar-refractivity contribution in [3.8, 4) is 6.07 Å². The van der Waals surface area contributed by atoms with Gasteiger partial charge in [0.15, 0.2) is 6.61 Å². The highest BCUT2D eigenvalue weighted by molar-refractivity contribution is 7.10. The standard InChI is InChI=1S/C27H18ClN3O3S/c28-18-9-7-17(14-29)23(13-18)30-24(32)15-34-27(33)25-20-5-1-2-6-22(20)31-26-16(8-10-21(25)26)12-19-4-3-11-35-19/h1-7,9,11-13H,8,10,15H2,(H,30,32)/b16-12+. The van der Waals surface area contributed by atoms with Crippen LogP contribution in [0.2, 0.25) is 5.02 Å². The van der Waals surface area contributed by atoms with E-state index in [0.29, 0.717) is 27.9 Å². The highest BCUT2D eigenvalue weighted by atomic mass is 35.5. The molecule has 0 radical (unpaired) electrons. The number of carbonyl (C=O) groups excluding carboxylic acids is 2. The number of allylic oxidation sites excluding steroid dienone is 1.